The molecule has 11 heteroatoms. The zero-order valence-electron chi connectivity index (χ0n) is 25.0. The number of allylic oxidation sites excluding steroid dienone is 1. The van der Waals surface area contributed by atoms with Crippen LogP contribution in [0.1, 0.15) is 28.8 Å². The molecule has 2 aromatic carbocycles. The van der Waals surface area contributed by atoms with E-state index in [1.165, 1.54) is 0 Å². The van der Waals surface area contributed by atoms with Crippen molar-refractivity contribution in [1.29, 1.82) is 0 Å². The maximum absolute atomic E-state index is 13.5. The Hall–Kier alpha value is -4.87. The number of carbonyl (C=O) groups excluding carboxylic acids is 2. The van der Waals surface area contributed by atoms with Gasteiger partial charge in [0.1, 0.15) is 11.4 Å². The fourth-order valence-corrected chi connectivity index (χ4v) is 6.78. The van der Waals surface area contributed by atoms with Crippen molar-refractivity contribution >= 4 is 51.7 Å². The molecule has 2 aromatic heterocycles. The molecule has 2 N–H and O–H groups in total. The maximum Gasteiger partial charge on any atom is 0.323 e. The average Bonchev–Trinajstić information content (AvgIpc) is 3.68. The Morgan fingerprint density at radius 3 is 2.47 bits per heavy atom. The van der Waals surface area contributed by atoms with Crippen molar-refractivity contribution in [3.8, 4) is 5.75 Å². The molecule has 6 heterocycles. The molecule has 3 saturated heterocycles. The number of nitrogens with zero attached hydrogens (tertiary/aromatic N) is 4. The van der Waals surface area contributed by atoms with Gasteiger partial charge in [-0.1, -0.05) is 0 Å². The second kappa shape index (κ2) is 11.2. The highest BCUT2D eigenvalue weighted by atomic mass is 16.5. The van der Waals surface area contributed by atoms with E-state index in [4.69, 9.17) is 14.2 Å². The summed E-state index contributed by atoms with van der Waals surface area (Å²) in [7, 11) is 1.96. The van der Waals surface area contributed by atoms with Gasteiger partial charge in [-0.15, -0.1) is 0 Å². The number of ether oxygens (including phenoxy) is 3. The van der Waals surface area contributed by atoms with E-state index >= 15 is 0 Å². The van der Waals surface area contributed by atoms with Crippen molar-refractivity contribution < 1.29 is 23.8 Å². The Morgan fingerprint density at radius 1 is 0.956 bits per heavy atom. The minimum atomic E-state index is -0.400. The summed E-state index contributed by atoms with van der Waals surface area (Å²) < 4.78 is 19.5. The van der Waals surface area contributed by atoms with E-state index < -0.39 is 6.03 Å². The average molecular weight is 607 g/mol. The normalized spacial score (nSPS) is 21.7. The van der Waals surface area contributed by atoms with Crippen LogP contribution in [0.25, 0.3) is 17.1 Å². The molecule has 2 unspecified atom stereocenters. The number of aromatic nitrogens is 2. The molecule has 3 fully saturated rings. The lowest BCUT2D eigenvalue weighted by atomic mass is 10.1. The topological polar surface area (TPSA) is 110 Å². The summed E-state index contributed by atoms with van der Waals surface area (Å²) >= 11 is 0. The summed E-state index contributed by atoms with van der Waals surface area (Å²) in [4.78, 5) is 35.6. The monoisotopic (exact) mass is 606 g/mol. The third kappa shape index (κ3) is 5.27. The van der Waals surface area contributed by atoms with Gasteiger partial charge in [-0.3, -0.25) is 4.79 Å². The number of aryl methyl sites for hydroxylation is 1. The van der Waals surface area contributed by atoms with Crippen molar-refractivity contribution in [2.75, 3.05) is 59.8 Å². The lowest BCUT2D eigenvalue weighted by Gasteiger charge is -2.34. The van der Waals surface area contributed by atoms with Crippen molar-refractivity contribution in [2.45, 2.75) is 25.0 Å². The highest BCUT2D eigenvalue weighted by molar-refractivity contribution is 6.16. The fraction of sp³-hybridized carbons (Fsp3) is 0.324. The quantitative estimate of drug-likeness (QED) is 0.304. The lowest BCUT2D eigenvalue weighted by molar-refractivity contribution is 0.0306. The third-order valence-corrected chi connectivity index (χ3v) is 8.96. The van der Waals surface area contributed by atoms with Crippen LogP contribution in [0, 0.1) is 0 Å². The number of pyridine rings is 1. The van der Waals surface area contributed by atoms with Gasteiger partial charge in [-0.05, 0) is 67.4 Å². The van der Waals surface area contributed by atoms with Gasteiger partial charge >= 0.3 is 6.03 Å². The van der Waals surface area contributed by atoms with Crippen molar-refractivity contribution in [2.24, 2.45) is 7.05 Å². The molecule has 2 atom stereocenters. The van der Waals surface area contributed by atoms with E-state index in [2.05, 4.69) is 25.4 Å². The number of fused-ring (bicyclic) bond motifs is 4. The summed E-state index contributed by atoms with van der Waals surface area (Å²) in [5.74, 6) is 0.454. The van der Waals surface area contributed by atoms with E-state index in [9.17, 15) is 9.59 Å². The number of hydrogen-bond acceptors (Lipinski definition) is 8. The summed E-state index contributed by atoms with van der Waals surface area (Å²) in [5.41, 5.74) is 5.45. The molecular weight excluding hydrogens is 572 g/mol. The van der Waals surface area contributed by atoms with Crippen LogP contribution in [-0.4, -0.2) is 73.0 Å². The first kappa shape index (κ1) is 27.7. The molecule has 45 heavy (non-hydrogen) atoms. The number of hydrogen-bond donors (Lipinski definition) is 2. The summed E-state index contributed by atoms with van der Waals surface area (Å²) in [6, 6.07) is 14.5. The van der Waals surface area contributed by atoms with E-state index in [-0.39, 0.29) is 23.8 Å². The highest BCUT2D eigenvalue weighted by Gasteiger charge is 2.35. The zero-order chi connectivity index (χ0) is 30.5. The van der Waals surface area contributed by atoms with Gasteiger partial charge in [0.15, 0.2) is 5.76 Å². The number of amides is 2. The predicted octanol–water partition coefficient (Wildman–Crippen LogP) is 5.04. The van der Waals surface area contributed by atoms with Crippen LogP contribution in [0.4, 0.5) is 27.5 Å². The fourth-order valence-electron chi connectivity index (χ4n) is 6.78. The molecule has 4 aromatic rings. The molecular formula is C34H34N6O5. The van der Waals surface area contributed by atoms with Crippen molar-refractivity contribution in [3.05, 3.63) is 77.8 Å². The molecule has 11 nitrogen and oxygen atoms in total. The molecule has 4 aliphatic rings. The van der Waals surface area contributed by atoms with E-state index in [1.807, 2.05) is 54.3 Å². The number of carbonyl (C=O) groups is 2. The number of nitrogens with one attached hydrogen (secondary N) is 2. The summed E-state index contributed by atoms with van der Waals surface area (Å²) in [5, 5.41) is 6.68. The molecule has 8 rings (SSSR count). The zero-order valence-corrected chi connectivity index (χ0v) is 25.0. The smallest absolute Gasteiger partial charge is 0.323 e. The maximum atomic E-state index is 13.5. The number of Topliss-reactive ketones (excluding diaryl/α,β-unsaturated/α-hetero) is 1. The first-order valence-electron chi connectivity index (χ1n) is 15.4. The van der Waals surface area contributed by atoms with Crippen LogP contribution in [-0.2, 0) is 16.5 Å². The van der Waals surface area contributed by atoms with E-state index in [1.54, 1.807) is 24.3 Å². The number of ketones is 1. The van der Waals surface area contributed by atoms with Crippen LogP contribution < -0.4 is 25.2 Å². The van der Waals surface area contributed by atoms with Crippen LogP contribution in [0.15, 0.2) is 66.7 Å². The van der Waals surface area contributed by atoms with Gasteiger partial charge in [0.2, 0.25) is 5.78 Å². The predicted molar refractivity (Wildman–Crippen MR) is 172 cm³/mol. The van der Waals surface area contributed by atoms with Crippen LogP contribution >= 0.6 is 0 Å². The molecule has 0 aliphatic carbocycles. The van der Waals surface area contributed by atoms with Crippen LogP contribution in [0.5, 0.6) is 5.75 Å². The highest BCUT2D eigenvalue weighted by Crippen LogP contribution is 2.38. The number of rotatable bonds is 5. The second-order valence-electron chi connectivity index (χ2n) is 12.0. The summed E-state index contributed by atoms with van der Waals surface area (Å²) in [6.07, 6.45) is 8.28. The minimum Gasteiger partial charge on any atom is -0.452 e. The van der Waals surface area contributed by atoms with E-state index in [0.717, 1.165) is 67.0 Å². The molecule has 2 bridgehead atoms. The molecule has 230 valence electrons. The van der Waals surface area contributed by atoms with Gasteiger partial charge in [-0.25, -0.2) is 9.78 Å². The number of benzene rings is 2. The largest absolute Gasteiger partial charge is 0.452 e. The van der Waals surface area contributed by atoms with Crippen LogP contribution in [0.2, 0.25) is 0 Å². The SMILES string of the molecule is Cn1cc(C=C2Oc3ccc(NC(=O)Nc4ccc(N5CCOCC5)cc4)cc3C2=O)c2c(N3CC4CCC(C3)O4)ccnc21. The summed E-state index contributed by atoms with van der Waals surface area (Å²) in [6.45, 7) is 4.80. The Labute approximate surface area is 260 Å². The molecule has 0 saturated carbocycles. The number of urea groups is 1. The van der Waals surface area contributed by atoms with Crippen molar-refractivity contribution in [1.82, 2.24) is 9.55 Å². The van der Waals surface area contributed by atoms with Gasteiger partial charge in [0.25, 0.3) is 0 Å². The van der Waals surface area contributed by atoms with Gasteiger partial charge < -0.3 is 39.2 Å². The van der Waals surface area contributed by atoms with Gasteiger partial charge in [0.05, 0.1) is 36.7 Å². The second-order valence-corrected chi connectivity index (χ2v) is 12.0. The Kier molecular flexibility index (Phi) is 6.91. The third-order valence-electron chi connectivity index (χ3n) is 8.96. The Bertz CT molecular complexity index is 1810. The van der Waals surface area contributed by atoms with Gasteiger partial charge in [0, 0.05) is 73.6 Å². The standard InChI is InChI=1S/C34H34N6O5/c1-38-18-21(31-28(10-11-35-33(31)38)40-19-25-7-8-26(20-40)44-25)16-30-32(41)27-17-23(4-9-29(27)45-30)37-34(42)36-22-2-5-24(6-3-22)39-12-14-43-15-13-39/h2-6,9-11,16-18,25-26H,7-8,12-15,19-20H2,1H3,(H2,36,37,42). The molecule has 0 radical (unpaired) electrons. The lowest BCUT2D eigenvalue weighted by Crippen LogP contribution is -2.42. The Balaban J connectivity index is 0.988. The molecule has 0 spiro atoms. The number of morpholine rings is 2. The Morgan fingerprint density at radius 2 is 1.69 bits per heavy atom. The van der Waals surface area contributed by atoms with Crippen LogP contribution in [0.3, 0.4) is 0 Å². The first-order chi connectivity index (χ1) is 22.0. The number of anilines is 4. The first-order valence-corrected chi connectivity index (χ1v) is 15.4. The molecule has 2 amide bonds. The van der Waals surface area contributed by atoms with Gasteiger partial charge in [-0.2, -0.15) is 0 Å². The molecule has 4 aliphatic heterocycles. The minimum absolute atomic E-state index is 0.233. The van der Waals surface area contributed by atoms with E-state index in [0.29, 0.717) is 35.9 Å². The van der Waals surface area contributed by atoms with Crippen molar-refractivity contribution in [3.63, 3.8) is 0 Å².